The smallest absolute Gasteiger partial charge is 0.164 e. The maximum atomic E-state index is 6.19. The quantitative estimate of drug-likeness (QED) is 0.913. The summed E-state index contributed by atoms with van der Waals surface area (Å²) in [7, 11) is 0. The van der Waals surface area contributed by atoms with Crippen molar-refractivity contribution in [1.82, 2.24) is 0 Å². The normalized spacial score (nSPS) is 21.6. The molecular weight excluding hydrogens is 294 g/mol. The summed E-state index contributed by atoms with van der Waals surface area (Å²) in [6.45, 7) is 5.45. The fourth-order valence-electron chi connectivity index (χ4n) is 2.99. The highest BCUT2D eigenvalue weighted by Crippen LogP contribution is 2.56. The zero-order valence-electron chi connectivity index (χ0n) is 10.8. The van der Waals surface area contributed by atoms with E-state index >= 15 is 0 Å². The van der Waals surface area contributed by atoms with Gasteiger partial charge < -0.3 is 15.2 Å². The van der Waals surface area contributed by atoms with Gasteiger partial charge in [-0.1, -0.05) is 15.9 Å². The summed E-state index contributed by atoms with van der Waals surface area (Å²) in [5.41, 5.74) is 8.79. The minimum Gasteiger partial charge on any atom is -0.486 e. The Balaban J connectivity index is 2.16. The van der Waals surface area contributed by atoms with Crippen molar-refractivity contribution < 1.29 is 9.47 Å². The van der Waals surface area contributed by atoms with Gasteiger partial charge in [0, 0.05) is 15.9 Å². The predicted molar refractivity (Wildman–Crippen MR) is 74.4 cm³/mol. The summed E-state index contributed by atoms with van der Waals surface area (Å²) in [5.74, 6) is 1.74. The summed E-state index contributed by atoms with van der Waals surface area (Å²) < 4.78 is 12.5. The minimum absolute atomic E-state index is 0.124. The van der Waals surface area contributed by atoms with Gasteiger partial charge in [0.1, 0.15) is 13.2 Å². The van der Waals surface area contributed by atoms with E-state index in [0.717, 1.165) is 28.8 Å². The third-order valence-corrected chi connectivity index (χ3v) is 4.81. The van der Waals surface area contributed by atoms with E-state index < -0.39 is 0 Å². The van der Waals surface area contributed by atoms with Crippen LogP contribution in [0.2, 0.25) is 0 Å². The Morgan fingerprint density at radius 2 is 2.00 bits per heavy atom. The molecule has 0 saturated heterocycles. The molecule has 0 amide bonds. The number of ether oxygens (including phenoxy) is 2. The highest BCUT2D eigenvalue weighted by Gasteiger charge is 2.50. The zero-order chi connectivity index (χ0) is 12.9. The Kier molecular flexibility index (Phi) is 2.83. The molecule has 1 heterocycles. The van der Waals surface area contributed by atoms with Crippen LogP contribution in [0.3, 0.4) is 0 Å². The van der Waals surface area contributed by atoms with E-state index in [1.807, 2.05) is 6.07 Å². The van der Waals surface area contributed by atoms with Crippen molar-refractivity contribution in [2.45, 2.75) is 38.1 Å². The van der Waals surface area contributed by atoms with E-state index in [0.29, 0.717) is 13.2 Å². The Bertz CT molecular complexity index is 495. The van der Waals surface area contributed by atoms with Crippen molar-refractivity contribution in [1.29, 1.82) is 0 Å². The number of hydrogen-bond donors (Lipinski definition) is 1. The van der Waals surface area contributed by atoms with Gasteiger partial charge in [0.15, 0.2) is 11.5 Å². The summed E-state index contributed by atoms with van der Waals surface area (Å²) in [6.07, 6.45) is 2.31. The van der Waals surface area contributed by atoms with Crippen LogP contribution in [0.5, 0.6) is 11.5 Å². The molecule has 3 rings (SSSR count). The third-order valence-electron chi connectivity index (χ3n) is 4.18. The van der Waals surface area contributed by atoms with Crippen molar-refractivity contribution in [3.05, 3.63) is 21.7 Å². The van der Waals surface area contributed by atoms with Gasteiger partial charge in [-0.25, -0.2) is 0 Å². The maximum absolute atomic E-state index is 6.19. The predicted octanol–water partition coefficient (Wildman–Crippen LogP) is 2.91. The highest BCUT2D eigenvalue weighted by atomic mass is 79.9. The molecule has 1 aliphatic heterocycles. The SMILES string of the molecule is Cc1c2c(cc(Br)c1C1(C(C)N)CC1)OCCO2. The van der Waals surface area contributed by atoms with Gasteiger partial charge in [-0.2, -0.15) is 0 Å². The average Bonchev–Trinajstić information content (AvgIpc) is 3.10. The van der Waals surface area contributed by atoms with Crippen LogP contribution in [0.25, 0.3) is 0 Å². The fraction of sp³-hybridized carbons (Fsp3) is 0.571. The Labute approximate surface area is 116 Å². The molecule has 0 spiro atoms. The molecule has 3 nitrogen and oxygen atoms in total. The molecule has 0 aromatic heterocycles. The van der Waals surface area contributed by atoms with Crippen molar-refractivity contribution in [3.8, 4) is 11.5 Å². The molecule has 1 saturated carbocycles. The largest absolute Gasteiger partial charge is 0.486 e. The first-order valence-electron chi connectivity index (χ1n) is 6.41. The first kappa shape index (κ1) is 12.3. The molecule has 1 aromatic rings. The molecule has 1 unspecified atom stereocenters. The molecule has 1 fully saturated rings. The molecular formula is C14H18BrNO2. The first-order valence-corrected chi connectivity index (χ1v) is 7.20. The summed E-state index contributed by atoms with van der Waals surface area (Å²) in [5, 5.41) is 0. The van der Waals surface area contributed by atoms with Crippen LogP contribution in [0.15, 0.2) is 10.5 Å². The van der Waals surface area contributed by atoms with Crippen LogP contribution >= 0.6 is 15.9 Å². The average molecular weight is 312 g/mol. The van der Waals surface area contributed by atoms with Gasteiger partial charge in [0.25, 0.3) is 0 Å². The number of fused-ring (bicyclic) bond motifs is 1. The lowest BCUT2D eigenvalue weighted by atomic mass is 9.86. The van der Waals surface area contributed by atoms with Crippen molar-refractivity contribution in [2.24, 2.45) is 5.73 Å². The van der Waals surface area contributed by atoms with E-state index in [1.54, 1.807) is 0 Å². The maximum Gasteiger partial charge on any atom is 0.164 e. The lowest BCUT2D eigenvalue weighted by molar-refractivity contribution is 0.170. The number of hydrogen-bond acceptors (Lipinski definition) is 3. The standard InChI is InChI=1S/C14H18BrNO2/c1-8-12(14(3-4-14)9(2)16)10(15)7-11-13(8)18-6-5-17-11/h7,9H,3-6,16H2,1-2H3. The number of nitrogens with two attached hydrogens (primary N) is 1. The van der Waals surface area contributed by atoms with Crippen LogP contribution < -0.4 is 15.2 Å². The second-order valence-corrected chi connectivity index (χ2v) is 6.18. The number of halogens is 1. The lowest BCUT2D eigenvalue weighted by Gasteiger charge is -2.28. The van der Waals surface area contributed by atoms with Gasteiger partial charge in [-0.15, -0.1) is 0 Å². The van der Waals surface area contributed by atoms with Gasteiger partial charge in [0.05, 0.1) is 0 Å². The van der Waals surface area contributed by atoms with E-state index in [4.69, 9.17) is 15.2 Å². The zero-order valence-corrected chi connectivity index (χ0v) is 12.3. The lowest BCUT2D eigenvalue weighted by Crippen LogP contribution is -2.33. The second-order valence-electron chi connectivity index (χ2n) is 5.33. The molecule has 98 valence electrons. The Morgan fingerprint density at radius 3 is 2.61 bits per heavy atom. The molecule has 18 heavy (non-hydrogen) atoms. The molecule has 2 aliphatic rings. The van der Waals surface area contributed by atoms with E-state index in [9.17, 15) is 0 Å². The second kappa shape index (κ2) is 4.14. The monoisotopic (exact) mass is 311 g/mol. The molecule has 1 aromatic carbocycles. The molecule has 0 bridgehead atoms. The van der Waals surface area contributed by atoms with E-state index in [2.05, 4.69) is 29.8 Å². The minimum atomic E-state index is 0.124. The molecule has 2 N–H and O–H groups in total. The third kappa shape index (κ3) is 1.66. The van der Waals surface area contributed by atoms with Gasteiger partial charge in [-0.05, 0) is 43.9 Å². The van der Waals surface area contributed by atoms with Gasteiger partial charge in [0.2, 0.25) is 0 Å². The Hall–Kier alpha value is -0.740. The van der Waals surface area contributed by atoms with Gasteiger partial charge >= 0.3 is 0 Å². The van der Waals surface area contributed by atoms with Crippen molar-refractivity contribution in [3.63, 3.8) is 0 Å². The summed E-state index contributed by atoms with van der Waals surface area (Å²) >= 11 is 3.68. The molecule has 4 heteroatoms. The van der Waals surface area contributed by atoms with Crippen molar-refractivity contribution in [2.75, 3.05) is 13.2 Å². The molecule has 1 aliphatic carbocycles. The highest BCUT2D eigenvalue weighted by molar-refractivity contribution is 9.10. The Morgan fingerprint density at radius 1 is 1.33 bits per heavy atom. The summed E-state index contributed by atoms with van der Waals surface area (Å²) in [4.78, 5) is 0. The van der Waals surface area contributed by atoms with Crippen LogP contribution in [0.1, 0.15) is 30.9 Å². The van der Waals surface area contributed by atoms with E-state index in [-0.39, 0.29) is 11.5 Å². The van der Waals surface area contributed by atoms with Crippen molar-refractivity contribution >= 4 is 15.9 Å². The van der Waals surface area contributed by atoms with Crippen LogP contribution in [0, 0.1) is 6.92 Å². The number of rotatable bonds is 2. The molecule has 1 atom stereocenters. The van der Waals surface area contributed by atoms with E-state index in [1.165, 1.54) is 11.1 Å². The summed E-state index contributed by atoms with van der Waals surface area (Å²) in [6, 6.07) is 2.19. The van der Waals surface area contributed by atoms with Gasteiger partial charge in [-0.3, -0.25) is 0 Å². The molecule has 0 radical (unpaired) electrons. The van der Waals surface area contributed by atoms with Crippen LogP contribution in [0.4, 0.5) is 0 Å². The fourth-order valence-corrected chi connectivity index (χ4v) is 3.89. The first-order chi connectivity index (χ1) is 8.56. The van der Waals surface area contributed by atoms with Crippen LogP contribution in [-0.4, -0.2) is 19.3 Å². The topological polar surface area (TPSA) is 44.5 Å². The van der Waals surface area contributed by atoms with Crippen LogP contribution in [-0.2, 0) is 5.41 Å². The number of benzene rings is 1.